The fraction of sp³-hybridized carbons (Fsp3) is 0.294. The van der Waals surface area contributed by atoms with Crippen molar-refractivity contribution in [3.8, 4) is 0 Å². The van der Waals surface area contributed by atoms with Gasteiger partial charge in [-0.3, -0.25) is 9.59 Å². The van der Waals surface area contributed by atoms with E-state index in [4.69, 9.17) is 5.73 Å². The molecule has 0 saturated heterocycles. The van der Waals surface area contributed by atoms with Gasteiger partial charge in [-0.05, 0) is 29.0 Å². The Labute approximate surface area is 133 Å². The van der Waals surface area contributed by atoms with Crippen molar-refractivity contribution in [1.29, 1.82) is 0 Å². The van der Waals surface area contributed by atoms with Crippen molar-refractivity contribution in [1.82, 2.24) is 4.90 Å². The highest BCUT2D eigenvalue weighted by Gasteiger charge is 2.32. The van der Waals surface area contributed by atoms with E-state index in [1.807, 2.05) is 35.2 Å². The average Bonchev–Trinajstić information content (AvgIpc) is 3.01. The summed E-state index contributed by atoms with van der Waals surface area (Å²) in [6, 6.07) is 12.1. The quantitative estimate of drug-likeness (QED) is 0.942. The Morgan fingerprint density at radius 1 is 1.18 bits per heavy atom. The molecule has 0 spiro atoms. The van der Waals surface area contributed by atoms with Gasteiger partial charge in [0.25, 0.3) is 0 Å². The number of hydrogen-bond donors (Lipinski definition) is 1. The lowest BCUT2D eigenvalue weighted by Crippen LogP contribution is -2.40. The topological polar surface area (TPSA) is 63.4 Å². The summed E-state index contributed by atoms with van der Waals surface area (Å²) in [6.07, 6.45) is 1.16. The van der Waals surface area contributed by atoms with Gasteiger partial charge in [0, 0.05) is 24.3 Å². The van der Waals surface area contributed by atoms with E-state index in [9.17, 15) is 9.59 Å². The molecule has 2 N–H and O–H groups in total. The number of fused-ring (bicyclic) bond motifs is 1. The van der Waals surface area contributed by atoms with E-state index >= 15 is 0 Å². The standard InChI is InChI=1S/C17H18N2O2S/c18-15(20)6-7-16(21)19-10-8-14-13(9-11-22-14)17(19)12-4-2-1-3-5-12/h1-5,9,11,17H,6-8,10H2,(H2,18,20). The van der Waals surface area contributed by atoms with E-state index in [1.54, 1.807) is 11.3 Å². The number of rotatable bonds is 4. The zero-order valence-electron chi connectivity index (χ0n) is 12.2. The SMILES string of the molecule is NC(=O)CCC(=O)N1CCc2sccc2C1c1ccccc1. The smallest absolute Gasteiger partial charge is 0.223 e. The third-order valence-electron chi connectivity index (χ3n) is 3.99. The third-order valence-corrected chi connectivity index (χ3v) is 4.98. The first-order valence-corrected chi connectivity index (χ1v) is 8.24. The van der Waals surface area contributed by atoms with Crippen LogP contribution in [0.25, 0.3) is 0 Å². The van der Waals surface area contributed by atoms with Crippen molar-refractivity contribution in [3.05, 3.63) is 57.8 Å². The predicted molar refractivity (Wildman–Crippen MR) is 86.4 cm³/mol. The minimum absolute atomic E-state index is 0.00972. The zero-order chi connectivity index (χ0) is 15.5. The maximum absolute atomic E-state index is 12.5. The number of nitrogens with zero attached hydrogens (tertiary/aromatic N) is 1. The molecule has 0 bridgehead atoms. The van der Waals surface area contributed by atoms with E-state index in [0.29, 0.717) is 6.54 Å². The van der Waals surface area contributed by atoms with Crippen LogP contribution >= 0.6 is 11.3 Å². The molecule has 1 aliphatic heterocycles. The molecule has 22 heavy (non-hydrogen) atoms. The van der Waals surface area contributed by atoms with Gasteiger partial charge in [0.2, 0.25) is 11.8 Å². The lowest BCUT2D eigenvalue weighted by molar-refractivity contribution is -0.135. The molecule has 0 fully saturated rings. The van der Waals surface area contributed by atoms with E-state index in [1.165, 1.54) is 10.4 Å². The molecule has 2 heterocycles. The van der Waals surface area contributed by atoms with Crippen molar-refractivity contribution in [2.45, 2.75) is 25.3 Å². The first-order valence-electron chi connectivity index (χ1n) is 7.36. The van der Waals surface area contributed by atoms with Gasteiger partial charge in [0.1, 0.15) is 0 Å². The van der Waals surface area contributed by atoms with Crippen LogP contribution in [0.15, 0.2) is 41.8 Å². The van der Waals surface area contributed by atoms with Gasteiger partial charge in [-0.1, -0.05) is 30.3 Å². The van der Waals surface area contributed by atoms with Crippen LogP contribution in [0.4, 0.5) is 0 Å². The molecule has 3 rings (SSSR count). The van der Waals surface area contributed by atoms with Gasteiger partial charge in [-0.15, -0.1) is 11.3 Å². The molecule has 2 amide bonds. The molecule has 5 heteroatoms. The highest BCUT2D eigenvalue weighted by Crippen LogP contribution is 2.37. The summed E-state index contributed by atoms with van der Waals surface area (Å²) in [7, 11) is 0. The van der Waals surface area contributed by atoms with Crippen LogP contribution in [-0.2, 0) is 16.0 Å². The summed E-state index contributed by atoms with van der Waals surface area (Å²) < 4.78 is 0. The molecule has 1 atom stereocenters. The molecule has 0 radical (unpaired) electrons. The summed E-state index contributed by atoms with van der Waals surface area (Å²) in [4.78, 5) is 26.7. The lowest BCUT2D eigenvalue weighted by atomic mass is 9.93. The highest BCUT2D eigenvalue weighted by molar-refractivity contribution is 7.10. The Hall–Kier alpha value is -2.14. The Kier molecular flexibility index (Phi) is 4.24. The zero-order valence-corrected chi connectivity index (χ0v) is 13.0. The predicted octanol–water partition coefficient (Wildman–Crippen LogP) is 2.49. The van der Waals surface area contributed by atoms with Gasteiger partial charge < -0.3 is 10.6 Å². The molecule has 1 aromatic heterocycles. The first kappa shape index (κ1) is 14.8. The number of thiophene rings is 1. The minimum atomic E-state index is -0.433. The maximum atomic E-state index is 12.5. The van der Waals surface area contributed by atoms with Crippen LogP contribution in [0, 0.1) is 0 Å². The van der Waals surface area contributed by atoms with Crippen LogP contribution in [0.1, 0.15) is 34.9 Å². The normalized spacial score (nSPS) is 17.1. The van der Waals surface area contributed by atoms with E-state index in [0.717, 1.165) is 12.0 Å². The van der Waals surface area contributed by atoms with Gasteiger partial charge in [-0.2, -0.15) is 0 Å². The molecule has 1 aromatic carbocycles. The molecule has 0 aliphatic carbocycles. The summed E-state index contributed by atoms with van der Waals surface area (Å²) in [5.41, 5.74) is 7.48. The van der Waals surface area contributed by atoms with Crippen LogP contribution < -0.4 is 5.73 Å². The van der Waals surface area contributed by atoms with Gasteiger partial charge in [0.05, 0.1) is 6.04 Å². The number of hydrogen-bond acceptors (Lipinski definition) is 3. The second-order valence-corrected chi connectivity index (χ2v) is 6.42. The molecule has 4 nitrogen and oxygen atoms in total. The second kappa shape index (κ2) is 6.32. The average molecular weight is 314 g/mol. The van der Waals surface area contributed by atoms with Crippen molar-refractivity contribution >= 4 is 23.2 Å². The Bertz CT molecular complexity index is 681. The minimum Gasteiger partial charge on any atom is -0.370 e. The highest BCUT2D eigenvalue weighted by atomic mass is 32.1. The number of benzene rings is 1. The first-order chi connectivity index (χ1) is 10.7. The number of carbonyl (C=O) groups excluding carboxylic acids is 2. The van der Waals surface area contributed by atoms with E-state index < -0.39 is 5.91 Å². The second-order valence-electron chi connectivity index (χ2n) is 5.42. The summed E-state index contributed by atoms with van der Waals surface area (Å²) in [5, 5.41) is 2.08. The summed E-state index contributed by atoms with van der Waals surface area (Å²) in [5.74, 6) is -0.442. The van der Waals surface area contributed by atoms with Crippen molar-refractivity contribution in [3.63, 3.8) is 0 Å². The Balaban J connectivity index is 1.92. The van der Waals surface area contributed by atoms with Crippen molar-refractivity contribution in [2.24, 2.45) is 5.73 Å². The third kappa shape index (κ3) is 2.90. The number of carbonyl (C=O) groups is 2. The maximum Gasteiger partial charge on any atom is 0.223 e. The number of primary amides is 1. The molecule has 0 saturated carbocycles. The van der Waals surface area contributed by atoms with Crippen LogP contribution in [-0.4, -0.2) is 23.3 Å². The number of amides is 2. The van der Waals surface area contributed by atoms with Crippen LogP contribution in [0.3, 0.4) is 0 Å². The van der Waals surface area contributed by atoms with Crippen LogP contribution in [0.2, 0.25) is 0 Å². The van der Waals surface area contributed by atoms with Gasteiger partial charge in [-0.25, -0.2) is 0 Å². The Morgan fingerprint density at radius 3 is 2.68 bits per heavy atom. The summed E-state index contributed by atoms with van der Waals surface area (Å²) >= 11 is 1.74. The number of nitrogens with two attached hydrogens (primary N) is 1. The van der Waals surface area contributed by atoms with E-state index in [2.05, 4.69) is 11.4 Å². The fourth-order valence-electron chi connectivity index (χ4n) is 2.95. The van der Waals surface area contributed by atoms with Gasteiger partial charge in [0.15, 0.2) is 0 Å². The summed E-state index contributed by atoms with van der Waals surface area (Å²) in [6.45, 7) is 0.685. The molecule has 1 aliphatic rings. The Morgan fingerprint density at radius 2 is 1.95 bits per heavy atom. The van der Waals surface area contributed by atoms with Crippen molar-refractivity contribution in [2.75, 3.05) is 6.54 Å². The van der Waals surface area contributed by atoms with E-state index in [-0.39, 0.29) is 24.8 Å². The van der Waals surface area contributed by atoms with Crippen LogP contribution in [0.5, 0.6) is 0 Å². The lowest BCUT2D eigenvalue weighted by Gasteiger charge is -2.36. The molecular formula is C17H18N2O2S. The molecular weight excluding hydrogens is 296 g/mol. The monoisotopic (exact) mass is 314 g/mol. The fourth-order valence-corrected chi connectivity index (χ4v) is 3.86. The molecule has 2 aromatic rings. The van der Waals surface area contributed by atoms with Crippen molar-refractivity contribution < 1.29 is 9.59 Å². The molecule has 114 valence electrons. The molecule has 1 unspecified atom stereocenters. The van der Waals surface area contributed by atoms with Gasteiger partial charge >= 0.3 is 0 Å². The largest absolute Gasteiger partial charge is 0.370 e.